The number of carbonyl (C=O) groups excluding carboxylic acids is 1. The molecule has 0 radical (unpaired) electrons. The molecule has 0 aliphatic carbocycles. The van der Waals surface area contributed by atoms with Gasteiger partial charge >= 0.3 is 0 Å². The molecule has 148 valence electrons. The molecule has 1 amide bonds. The largest absolute Gasteiger partial charge is 0.492 e. The molecule has 0 saturated carbocycles. The number of anilines is 1. The minimum absolute atomic E-state index is 0.162. The molecular formula is C19H18N6O3S. The molecule has 0 bridgehead atoms. The fraction of sp³-hybridized carbons (Fsp3) is 0.211. The number of hydrogen-bond acceptors (Lipinski definition) is 7. The van der Waals surface area contributed by atoms with Gasteiger partial charge in [-0.25, -0.2) is 14.6 Å². The van der Waals surface area contributed by atoms with E-state index in [1.807, 2.05) is 6.07 Å². The van der Waals surface area contributed by atoms with E-state index in [0.717, 1.165) is 0 Å². The molecule has 0 aliphatic heterocycles. The van der Waals surface area contributed by atoms with Gasteiger partial charge in [0.05, 0.1) is 23.1 Å². The van der Waals surface area contributed by atoms with Crippen LogP contribution in [-0.4, -0.2) is 36.8 Å². The number of carbonyl (C=O) groups is 1. The molecule has 0 aliphatic rings. The van der Waals surface area contributed by atoms with Crippen molar-refractivity contribution in [2.45, 2.75) is 13.5 Å². The van der Waals surface area contributed by atoms with Gasteiger partial charge in [-0.15, -0.1) is 11.3 Å². The van der Waals surface area contributed by atoms with Gasteiger partial charge < -0.3 is 14.6 Å². The molecule has 10 heteroatoms. The zero-order valence-corrected chi connectivity index (χ0v) is 16.6. The number of hydrogen-bond donors (Lipinski definition) is 1. The first-order valence-electron chi connectivity index (χ1n) is 8.84. The Morgan fingerprint density at radius 1 is 1.31 bits per heavy atom. The lowest BCUT2D eigenvalue weighted by atomic mass is 10.2. The summed E-state index contributed by atoms with van der Waals surface area (Å²) < 4.78 is 8.80. The van der Waals surface area contributed by atoms with Crippen molar-refractivity contribution in [1.29, 1.82) is 0 Å². The number of nitrogens with one attached hydrogen (secondary N) is 1. The molecule has 3 heterocycles. The van der Waals surface area contributed by atoms with Crippen LogP contribution in [0.1, 0.15) is 15.2 Å². The second-order valence-electron chi connectivity index (χ2n) is 6.39. The molecule has 9 nitrogen and oxygen atoms in total. The van der Waals surface area contributed by atoms with Crippen molar-refractivity contribution in [3.63, 3.8) is 0 Å². The first kappa shape index (κ1) is 18.8. The second kappa shape index (κ2) is 7.84. The molecule has 4 aromatic rings. The third-order valence-electron chi connectivity index (χ3n) is 4.36. The highest BCUT2D eigenvalue weighted by Crippen LogP contribution is 2.28. The summed E-state index contributed by atoms with van der Waals surface area (Å²) in [4.78, 5) is 34.3. The van der Waals surface area contributed by atoms with Crippen molar-refractivity contribution in [1.82, 2.24) is 24.3 Å². The van der Waals surface area contributed by atoms with Crippen LogP contribution < -0.4 is 15.6 Å². The Hall–Kier alpha value is -3.53. The Labute approximate surface area is 169 Å². The van der Waals surface area contributed by atoms with E-state index < -0.39 is 0 Å². The number of rotatable bonds is 6. The second-order valence-corrected chi connectivity index (χ2v) is 7.39. The van der Waals surface area contributed by atoms with Crippen LogP contribution in [-0.2, 0) is 13.6 Å². The highest BCUT2D eigenvalue weighted by molar-refractivity contribution is 7.20. The van der Waals surface area contributed by atoms with E-state index >= 15 is 0 Å². The van der Waals surface area contributed by atoms with E-state index in [9.17, 15) is 9.59 Å². The summed E-state index contributed by atoms with van der Waals surface area (Å²) in [7, 11) is 1.64. The lowest BCUT2D eigenvalue weighted by Gasteiger charge is -2.09. The average molecular weight is 410 g/mol. The van der Waals surface area contributed by atoms with Crippen LogP contribution in [0.3, 0.4) is 0 Å². The number of aryl methyl sites for hydroxylation is 2. The molecule has 3 aromatic heterocycles. The summed E-state index contributed by atoms with van der Waals surface area (Å²) in [5.41, 5.74) is 1.08. The van der Waals surface area contributed by atoms with Crippen LogP contribution in [0.25, 0.3) is 10.2 Å². The third kappa shape index (κ3) is 3.87. The zero-order valence-electron chi connectivity index (χ0n) is 15.8. The zero-order chi connectivity index (χ0) is 20.4. The molecule has 1 aromatic carbocycles. The van der Waals surface area contributed by atoms with Crippen LogP contribution in [0.2, 0.25) is 0 Å². The summed E-state index contributed by atoms with van der Waals surface area (Å²) in [6.07, 6.45) is 4.55. The van der Waals surface area contributed by atoms with Crippen molar-refractivity contribution < 1.29 is 9.53 Å². The van der Waals surface area contributed by atoms with Crippen molar-refractivity contribution in [3.8, 4) is 5.75 Å². The number of thiophene rings is 1. The van der Waals surface area contributed by atoms with Crippen LogP contribution >= 0.6 is 11.3 Å². The Balaban J connectivity index is 1.48. The summed E-state index contributed by atoms with van der Waals surface area (Å²) in [5.74, 6) is 0.346. The lowest BCUT2D eigenvalue weighted by Crippen LogP contribution is -2.17. The van der Waals surface area contributed by atoms with Crippen molar-refractivity contribution in [2.75, 3.05) is 11.9 Å². The van der Waals surface area contributed by atoms with E-state index in [2.05, 4.69) is 20.4 Å². The predicted octanol–water partition coefficient (Wildman–Crippen LogP) is 2.23. The number of nitrogens with zero attached hydrogens (tertiary/aromatic N) is 5. The maximum Gasteiger partial charge on any atom is 0.266 e. The van der Waals surface area contributed by atoms with E-state index in [4.69, 9.17) is 4.74 Å². The molecule has 0 fully saturated rings. The van der Waals surface area contributed by atoms with Crippen LogP contribution in [0, 0.1) is 6.92 Å². The Morgan fingerprint density at radius 3 is 2.97 bits per heavy atom. The standard InChI is InChI=1S/C19H18N6O3S/c1-12-15-18(21-11-24(2)19(15)27)29-16(12)17(26)23-13-4-3-5-14(8-13)28-7-6-25-10-20-9-22-25/h3-5,8-11H,6-7H2,1-2H3,(H,23,26). The van der Waals surface area contributed by atoms with Gasteiger partial charge in [0.2, 0.25) is 0 Å². The monoisotopic (exact) mass is 410 g/mol. The Kier molecular flexibility index (Phi) is 5.09. The predicted molar refractivity (Wildman–Crippen MR) is 110 cm³/mol. The highest BCUT2D eigenvalue weighted by atomic mass is 32.1. The fourth-order valence-corrected chi connectivity index (χ4v) is 3.92. The van der Waals surface area contributed by atoms with Crippen molar-refractivity contribution in [2.24, 2.45) is 7.05 Å². The molecule has 4 rings (SSSR count). The van der Waals surface area contributed by atoms with E-state index in [-0.39, 0.29) is 11.5 Å². The summed E-state index contributed by atoms with van der Waals surface area (Å²) >= 11 is 1.21. The number of benzene rings is 1. The summed E-state index contributed by atoms with van der Waals surface area (Å²) in [6, 6.07) is 7.14. The minimum Gasteiger partial charge on any atom is -0.492 e. The van der Waals surface area contributed by atoms with Crippen molar-refractivity contribution in [3.05, 3.63) is 64.0 Å². The topological polar surface area (TPSA) is 104 Å². The van der Waals surface area contributed by atoms with Gasteiger partial charge in [0, 0.05) is 18.8 Å². The van der Waals surface area contributed by atoms with Gasteiger partial charge in [0.25, 0.3) is 11.5 Å². The molecule has 1 N–H and O–H groups in total. The lowest BCUT2D eigenvalue weighted by molar-refractivity contribution is 0.103. The highest BCUT2D eigenvalue weighted by Gasteiger charge is 2.19. The number of ether oxygens (including phenoxy) is 1. The Bertz CT molecular complexity index is 1230. The van der Waals surface area contributed by atoms with Gasteiger partial charge in [0.1, 0.15) is 29.8 Å². The molecule has 0 spiro atoms. The van der Waals surface area contributed by atoms with Gasteiger partial charge in [-0.3, -0.25) is 9.59 Å². The first-order chi connectivity index (χ1) is 14.0. The average Bonchev–Trinajstić information content (AvgIpc) is 3.33. The molecular weight excluding hydrogens is 392 g/mol. The van der Waals surface area contributed by atoms with Gasteiger partial charge in [-0.2, -0.15) is 5.10 Å². The van der Waals surface area contributed by atoms with Crippen LogP contribution in [0.5, 0.6) is 5.75 Å². The fourth-order valence-electron chi connectivity index (χ4n) is 2.88. The summed E-state index contributed by atoms with van der Waals surface area (Å²) in [5, 5.41) is 7.36. The summed E-state index contributed by atoms with van der Waals surface area (Å²) in [6.45, 7) is 2.76. The van der Waals surface area contributed by atoms with Crippen LogP contribution in [0.15, 0.2) is 48.0 Å². The smallest absolute Gasteiger partial charge is 0.266 e. The van der Waals surface area contributed by atoms with E-state index in [1.165, 1.54) is 28.6 Å². The maximum atomic E-state index is 12.8. The minimum atomic E-state index is -0.285. The quantitative estimate of drug-likeness (QED) is 0.523. The SMILES string of the molecule is Cc1c(C(=O)Nc2cccc(OCCn3cncn3)c2)sc2ncn(C)c(=O)c12. The van der Waals surface area contributed by atoms with E-state index in [0.29, 0.717) is 45.2 Å². The number of fused-ring (bicyclic) bond motifs is 1. The number of amides is 1. The van der Waals surface area contributed by atoms with E-state index in [1.54, 1.807) is 43.2 Å². The van der Waals surface area contributed by atoms with Gasteiger partial charge in [-0.1, -0.05) is 6.07 Å². The number of aromatic nitrogens is 5. The first-order valence-corrected chi connectivity index (χ1v) is 9.66. The molecule has 29 heavy (non-hydrogen) atoms. The van der Waals surface area contributed by atoms with Crippen molar-refractivity contribution >= 4 is 33.1 Å². The molecule has 0 atom stereocenters. The van der Waals surface area contributed by atoms with Gasteiger partial charge in [-0.05, 0) is 24.6 Å². The molecule has 0 unspecified atom stereocenters. The normalized spacial score (nSPS) is 11.0. The van der Waals surface area contributed by atoms with Crippen LogP contribution in [0.4, 0.5) is 5.69 Å². The third-order valence-corrected chi connectivity index (χ3v) is 5.56. The van der Waals surface area contributed by atoms with Gasteiger partial charge in [0.15, 0.2) is 0 Å². The molecule has 0 saturated heterocycles. The Morgan fingerprint density at radius 2 is 2.17 bits per heavy atom. The maximum absolute atomic E-state index is 12.8.